The zero-order valence-electron chi connectivity index (χ0n) is 17.6. The fourth-order valence-electron chi connectivity index (χ4n) is 8.62. The molecule has 0 aromatic rings. The van der Waals surface area contributed by atoms with Gasteiger partial charge < -0.3 is 18.9 Å². The minimum atomic E-state index is -0.963. The highest BCUT2D eigenvalue weighted by atomic mass is 19.1. The summed E-state index contributed by atoms with van der Waals surface area (Å²) in [7, 11) is 0. The van der Waals surface area contributed by atoms with Gasteiger partial charge >= 0.3 is 0 Å². The number of hydrogen-bond acceptors (Lipinski definition) is 5. The molecule has 6 heteroatoms. The van der Waals surface area contributed by atoms with Gasteiger partial charge in [-0.15, -0.1) is 0 Å². The Balaban J connectivity index is 1.34. The molecule has 4 aliphatic carbocycles. The summed E-state index contributed by atoms with van der Waals surface area (Å²) in [5, 5.41) is 0. The Labute approximate surface area is 172 Å². The first-order valence-electron chi connectivity index (χ1n) is 11.6. The van der Waals surface area contributed by atoms with Gasteiger partial charge in [-0.2, -0.15) is 0 Å². The molecule has 0 radical (unpaired) electrons. The van der Waals surface area contributed by atoms with E-state index in [2.05, 4.69) is 13.8 Å². The van der Waals surface area contributed by atoms with Crippen LogP contribution in [0.3, 0.4) is 0 Å². The van der Waals surface area contributed by atoms with E-state index < -0.39 is 17.7 Å². The number of rotatable bonds is 0. The molecule has 2 heterocycles. The summed E-state index contributed by atoms with van der Waals surface area (Å²) in [4.78, 5) is 13.4. The summed E-state index contributed by atoms with van der Waals surface area (Å²) in [5.74, 6) is -0.784. The molecule has 162 valence electrons. The normalized spacial score (nSPS) is 52.5. The third-order valence-corrected chi connectivity index (χ3v) is 10.0. The van der Waals surface area contributed by atoms with Crippen LogP contribution in [-0.2, 0) is 23.7 Å². The number of halogens is 1. The van der Waals surface area contributed by atoms with Crippen molar-refractivity contribution >= 4 is 5.78 Å². The minimum absolute atomic E-state index is 0.0349. The first-order valence-corrected chi connectivity index (χ1v) is 11.6. The quantitative estimate of drug-likeness (QED) is 0.613. The zero-order chi connectivity index (χ0) is 20.1. The molecule has 0 bridgehead atoms. The van der Waals surface area contributed by atoms with Crippen LogP contribution in [-0.4, -0.2) is 50.0 Å². The number of carbonyl (C=O) groups excluding carboxylic acids is 1. The third-order valence-electron chi connectivity index (χ3n) is 10.0. The first kappa shape index (κ1) is 19.1. The summed E-state index contributed by atoms with van der Waals surface area (Å²) in [5.41, 5.74) is -0.435. The van der Waals surface area contributed by atoms with E-state index in [9.17, 15) is 4.79 Å². The van der Waals surface area contributed by atoms with Crippen molar-refractivity contribution in [1.82, 2.24) is 0 Å². The van der Waals surface area contributed by atoms with Gasteiger partial charge in [0.05, 0.1) is 26.4 Å². The van der Waals surface area contributed by atoms with Gasteiger partial charge in [0.25, 0.3) is 0 Å². The Morgan fingerprint density at radius 1 is 0.931 bits per heavy atom. The highest BCUT2D eigenvalue weighted by Gasteiger charge is 2.72. The van der Waals surface area contributed by atoms with E-state index in [1.54, 1.807) is 0 Å². The zero-order valence-corrected chi connectivity index (χ0v) is 17.6. The van der Waals surface area contributed by atoms with E-state index in [0.29, 0.717) is 51.6 Å². The Hall–Kier alpha value is -0.560. The monoisotopic (exact) mass is 408 g/mol. The number of carbonyl (C=O) groups is 1. The lowest BCUT2D eigenvalue weighted by molar-refractivity contribution is -0.254. The molecule has 0 aromatic heterocycles. The van der Waals surface area contributed by atoms with E-state index in [4.69, 9.17) is 18.9 Å². The van der Waals surface area contributed by atoms with Gasteiger partial charge in [0.2, 0.25) is 0 Å². The van der Waals surface area contributed by atoms with Crippen LogP contribution in [0.15, 0.2) is 0 Å². The van der Waals surface area contributed by atoms with Gasteiger partial charge in [0.1, 0.15) is 12.0 Å². The number of fused-ring (bicyclic) bond motifs is 6. The lowest BCUT2D eigenvalue weighted by Crippen LogP contribution is -2.61. The van der Waals surface area contributed by atoms with Crippen LogP contribution in [0.25, 0.3) is 0 Å². The topological polar surface area (TPSA) is 54.0 Å². The fraction of sp³-hybridized carbons (Fsp3) is 0.957. The molecular formula is C23H33FO5. The number of alkyl halides is 1. The Kier molecular flexibility index (Phi) is 3.98. The van der Waals surface area contributed by atoms with Crippen molar-refractivity contribution in [2.75, 3.05) is 26.4 Å². The Morgan fingerprint density at radius 2 is 1.62 bits per heavy atom. The van der Waals surface area contributed by atoms with Crippen LogP contribution >= 0.6 is 0 Å². The van der Waals surface area contributed by atoms with E-state index in [1.165, 1.54) is 0 Å². The van der Waals surface area contributed by atoms with Gasteiger partial charge in [-0.25, -0.2) is 4.39 Å². The van der Waals surface area contributed by atoms with Gasteiger partial charge in [-0.1, -0.05) is 13.8 Å². The number of ketones is 1. The second-order valence-electron chi connectivity index (χ2n) is 11.0. The highest BCUT2D eigenvalue weighted by Crippen LogP contribution is 2.70. The lowest BCUT2D eigenvalue weighted by atomic mass is 9.44. The molecule has 2 spiro atoms. The van der Waals surface area contributed by atoms with Crippen molar-refractivity contribution in [3.8, 4) is 0 Å². The second-order valence-corrected chi connectivity index (χ2v) is 11.0. The molecule has 2 aliphatic heterocycles. The fourth-order valence-corrected chi connectivity index (χ4v) is 8.62. The maximum atomic E-state index is 15.6. The molecule has 6 rings (SSSR count). The maximum absolute atomic E-state index is 15.6. The SMILES string of the molecule is C[C@]12CCC3C(CC(=O)[C@H]4CC5(CC[C@]34C)OCCO5)C1C(F)CC21OCCO1. The van der Waals surface area contributed by atoms with Gasteiger partial charge in [0.15, 0.2) is 11.6 Å². The third kappa shape index (κ3) is 2.32. The van der Waals surface area contributed by atoms with Crippen molar-refractivity contribution in [3.05, 3.63) is 0 Å². The molecule has 0 aromatic carbocycles. The van der Waals surface area contributed by atoms with E-state index in [0.717, 1.165) is 25.7 Å². The molecule has 7 atom stereocenters. The smallest absolute Gasteiger partial charge is 0.176 e. The molecule has 2 saturated heterocycles. The van der Waals surface area contributed by atoms with E-state index in [1.807, 2.05) is 0 Å². The van der Waals surface area contributed by atoms with Crippen LogP contribution in [0.2, 0.25) is 0 Å². The van der Waals surface area contributed by atoms with Crippen molar-refractivity contribution in [2.24, 2.45) is 34.5 Å². The summed E-state index contributed by atoms with van der Waals surface area (Å²) >= 11 is 0. The Bertz CT molecular complexity index is 714. The molecular weight excluding hydrogens is 375 g/mol. The first-order chi connectivity index (χ1) is 13.8. The standard InChI is InChI=1S/C23H33FO5/c1-20-5-6-22(26-7-8-27-22)12-16(20)18(25)11-14-15(20)3-4-21(2)19(14)17(24)13-23(21)28-9-10-29-23/h14-17,19H,3-13H2,1-2H3/t14?,15?,16-,17?,19?,20-,21+/m1/s1. The van der Waals surface area contributed by atoms with E-state index in [-0.39, 0.29) is 34.4 Å². The molecule has 4 unspecified atom stereocenters. The van der Waals surface area contributed by atoms with Crippen molar-refractivity contribution in [2.45, 2.75) is 76.5 Å². The molecule has 5 nitrogen and oxygen atoms in total. The molecule has 6 aliphatic rings. The van der Waals surface area contributed by atoms with Gasteiger partial charge in [0, 0.05) is 42.9 Å². The number of Topliss-reactive ketones (excluding diaryl/α,β-unsaturated/α-hetero) is 1. The molecule has 29 heavy (non-hydrogen) atoms. The summed E-state index contributed by atoms with van der Waals surface area (Å²) in [6.45, 7) is 6.78. The summed E-state index contributed by atoms with van der Waals surface area (Å²) < 4.78 is 39.6. The predicted molar refractivity (Wildman–Crippen MR) is 102 cm³/mol. The average Bonchev–Trinajstić information content (AvgIpc) is 3.38. The number of ether oxygens (including phenoxy) is 4. The Morgan fingerprint density at radius 3 is 2.34 bits per heavy atom. The van der Waals surface area contributed by atoms with Crippen LogP contribution in [0, 0.1) is 34.5 Å². The summed E-state index contributed by atoms with van der Waals surface area (Å²) in [6, 6.07) is 0. The molecule has 0 N–H and O–H groups in total. The predicted octanol–water partition coefficient (Wildman–Crippen LogP) is 3.64. The second kappa shape index (κ2) is 6.02. The largest absolute Gasteiger partial charge is 0.348 e. The van der Waals surface area contributed by atoms with Crippen molar-refractivity contribution in [1.29, 1.82) is 0 Å². The highest BCUT2D eigenvalue weighted by molar-refractivity contribution is 5.83. The van der Waals surface area contributed by atoms with Gasteiger partial charge in [-0.3, -0.25) is 4.79 Å². The van der Waals surface area contributed by atoms with Crippen LogP contribution in [0.4, 0.5) is 4.39 Å². The van der Waals surface area contributed by atoms with Crippen LogP contribution < -0.4 is 0 Å². The summed E-state index contributed by atoms with van der Waals surface area (Å²) in [6.07, 6.45) is 4.20. The molecule has 4 saturated carbocycles. The maximum Gasteiger partial charge on any atom is 0.176 e. The molecule has 6 fully saturated rings. The van der Waals surface area contributed by atoms with Crippen molar-refractivity contribution < 1.29 is 28.1 Å². The number of hydrogen-bond donors (Lipinski definition) is 0. The molecule has 0 amide bonds. The van der Waals surface area contributed by atoms with Crippen molar-refractivity contribution in [3.63, 3.8) is 0 Å². The lowest BCUT2D eigenvalue weighted by Gasteiger charge is -2.61. The van der Waals surface area contributed by atoms with E-state index >= 15 is 4.39 Å². The van der Waals surface area contributed by atoms with Gasteiger partial charge in [-0.05, 0) is 36.5 Å². The van der Waals surface area contributed by atoms with Crippen LogP contribution in [0.1, 0.15) is 58.8 Å². The van der Waals surface area contributed by atoms with Crippen LogP contribution in [0.5, 0.6) is 0 Å². The minimum Gasteiger partial charge on any atom is -0.348 e. The average molecular weight is 409 g/mol.